The van der Waals surface area contributed by atoms with Gasteiger partial charge in [0.25, 0.3) is 0 Å². The van der Waals surface area contributed by atoms with Crippen molar-refractivity contribution in [2.24, 2.45) is 5.92 Å². The summed E-state index contributed by atoms with van der Waals surface area (Å²) < 4.78 is 0. The van der Waals surface area contributed by atoms with Gasteiger partial charge >= 0.3 is 11.9 Å². The van der Waals surface area contributed by atoms with Crippen molar-refractivity contribution in [3.63, 3.8) is 0 Å². The first-order valence-corrected chi connectivity index (χ1v) is 11.4. The molecule has 0 spiro atoms. The van der Waals surface area contributed by atoms with E-state index < -0.39 is 11.9 Å². The monoisotopic (exact) mass is 386 g/mol. The molecule has 0 heterocycles. The van der Waals surface area contributed by atoms with Crippen molar-refractivity contribution in [2.75, 3.05) is 0 Å². The van der Waals surface area contributed by atoms with Crippen molar-refractivity contribution >= 4 is 11.9 Å². The number of rotatable bonds is 18. The molecule has 4 heteroatoms. The van der Waals surface area contributed by atoms with Gasteiger partial charge in [0.05, 0.1) is 5.92 Å². The van der Waals surface area contributed by atoms with Gasteiger partial charge in [-0.05, 0) is 19.3 Å². The van der Waals surface area contributed by atoms with Crippen molar-refractivity contribution in [1.82, 2.24) is 0 Å². The van der Waals surface area contributed by atoms with Crippen LogP contribution in [-0.2, 0) is 9.59 Å². The molecule has 0 aromatic heterocycles. The van der Waals surface area contributed by atoms with Gasteiger partial charge in [-0.2, -0.15) is 0 Å². The zero-order valence-corrected chi connectivity index (χ0v) is 18.3. The highest BCUT2D eigenvalue weighted by Crippen LogP contribution is 2.18. The molecule has 1 unspecified atom stereocenters. The van der Waals surface area contributed by atoms with Crippen LogP contribution in [0.15, 0.2) is 0 Å². The molecular formula is C23H46O4. The highest BCUT2D eigenvalue weighted by atomic mass is 16.4. The minimum atomic E-state index is -0.663. The first-order chi connectivity index (χ1) is 13.0. The Kier molecular flexibility index (Phi) is 24.0. The number of aliphatic carboxylic acids is 2. The summed E-state index contributed by atoms with van der Waals surface area (Å²) in [5.41, 5.74) is 0. The minimum absolute atomic E-state index is 0.0894. The highest BCUT2D eigenvalue weighted by Gasteiger charge is 2.15. The molecule has 27 heavy (non-hydrogen) atoms. The van der Waals surface area contributed by atoms with Gasteiger partial charge in [-0.15, -0.1) is 0 Å². The Bertz CT molecular complexity index is 328. The van der Waals surface area contributed by atoms with Gasteiger partial charge in [-0.3, -0.25) is 9.59 Å². The average molecular weight is 387 g/mol. The predicted octanol–water partition coefficient (Wildman–Crippen LogP) is 7.45. The van der Waals surface area contributed by atoms with Crippen LogP contribution in [-0.4, -0.2) is 22.2 Å². The van der Waals surface area contributed by atoms with Crippen molar-refractivity contribution in [2.45, 2.75) is 130 Å². The van der Waals surface area contributed by atoms with Crippen molar-refractivity contribution in [1.29, 1.82) is 0 Å². The molecule has 0 fully saturated rings. The van der Waals surface area contributed by atoms with Crippen LogP contribution in [0, 0.1) is 5.92 Å². The summed E-state index contributed by atoms with van der Waals surface area (Å²) >= 11 is 0. The molecule has 162 valence electrons. The van der Waals surface area contributed by atoms with Crippen LogP contribution in [0.1, 0.15) is 130 Å². The van der Waals surface area contributed by atoms with Gasteiger partial charge in [0, 0.05) is 6.42 Å². The number of hydrogen-bond acceptors (Lipinski definition) is 2. The van der Waals surface area contributed by atoms with Gasteiger partial charge < -0.3 is 10.2 Å². The normalized spacial score (nSPS) is 11.5. The fourth-order valence-corrected chi connectivity index (χ4v) is 3.08. The van der Waals surface area contributed by atoms with Crippen LogP contribution in [0.4, 0.5) is 0 Å². The molecule has 0 aliphatic carbocycles. The lowest BCUT2D eigenvalue weighted by atomic mass is 9.95. The second-order valence-electron chi connectivity index (χ2n) is 7.65. The first kappa shape index (κ1) is 28.2. The summed E-state index contributed by atoms with van der Waals surface area (Å²) in [7, 11) is 0. The first-order valence-electron chi connectivity index (χ1n) is 11.4. The SMILES string of the molecule is CCCCCCC(CCCCC)C(=O)O.CCCCCCCCCC(=O)O. The molecule has 0 saturated heterocycles. The fourth-order valence-electron chi connectivity index (χ4n) is 3.08. The molecule has 0 saturated carbocycles. The molecule has 0 aliphatic rings. The molecule has 0 radical (unpaired) electrons. The Hall–Kier alpha value is -1.06. The zero-order valence-electron chi connectivity index (χ0n) is 18.3. The van der Waals surface area contributed by atoms with Crippen LogP contribution in [0.2, 0.25) is 0 Å². The van der Waals surface area contributed by atoms with Gasteiger partial charge in [0.1, 0.15) is 0 Å². The van der Waals surface area contributed by atoms with Gasteiger partial charge in [-0.25, -0.2) is 0 Å². The third kappa shape index (κ3) is 24.9. The molecule has 0 aromatic carbocycles. The van der Waals surface area contributed by atoms with E-state index in [0.29, 0.717) is 6.42 Å². The summed E-state index contributed by atoms with van der Waals surface area (Å²) in [6.07, 6.45) is 18.5. The molecule has 0 rings (SSSR count). The maximum atomic E-state index is 11.0. The van der Waals surface area contributed by atoms with Crippen LogP contribution >= 0.6 is 0 Å². The van der Waals surface area contributed by atoms with Crippen LogP contribution in [0.3, 0.4) is 0 Å². The average Bonchev–Trinajstić information content (AvgIpc) is 2.63. The Morgan fingerprint density at radius 3 is 1.41 bits per heavy atom. The van der Waals surface area contributed by atoms with E-state index in [9.17, 15) is 9.59 Å². The van der Waals surface area contributed by atoms with Crippen molar-refractivity contribution in [3.8, 4) is 0 Å². The minimum Gasteiger partial charge on any atom is -0.481 e. The van der Waals surface area contributed by atoms with Gasteiger partial charge in [0.2, 0.25) is 0 Å². The van der Waals surface area contributed by atoms with E-state index in [4.69, 9.17) is 10.2 Å². The van der Waals surface area contributed by atoms with E-state index in [1.807, 2.05) is 0 Å². The van der Waals surface area contributed by atoms with E-state index >= 15 is 0 Å². The van der Waals surface area contributed by atoms with Crippen LogP contribution in [0.25, 0.3) is 0 Å². The number of carbonyl (C=O) groups is 2. The topological polar surface area (TPSA) is 74.6 Å². The molecule has 0 aliphatic heterocycles. The smallest absolute Gasteiger partial charge is 0.306 e. The Morgan fingerprint density at radius 2 is 0.963 bits per heavy atom. The summed E-state index contributed by atoms with van der Waals surface area (Å²) in [6.45, 7) is 6.53. The van der Waals surface area contributed by atoms with E-state index in [-0.39, 0.29) is 5.92 Å². The second-order valence-corrected chi connectivity index (χ2v) is 7.65. The summed E-state index contributed by atoms with van der Waals surface area (Å²) in [5, 5.41) is 17.4. The lowest BCUT2D eigenvalue weighted by molar-refractivity contribution is -0.142. The predicted molar refractivity (Wildman–Crippen MR) is 114 cm³/mol. The molecule has 0 aromatic rings. The number of hydrogen-bond donors (Lipinski definition) is 2. The van der Waals surface area contributed by atoms with E-state index in [1.165, 1.54) is 64.2 Å². The fraction of sp³-hybridized carbons (Fsp3) is 0.913. The van der Waals surface area contributed by atoms with E-state index in [1.54, 1.807) is 0 Å². The Morgan fingerprint density at radius 1 is 0.593 bits per heavy atom. The standard InChI is InChI=1S/C13H26O2.C10H20O2/c1-3-5-7-9-11-12(13(14)15)10-8-6-4-2;1-2-3-4-5-6-7-8-9-10(11)12/h12H,3-11H2,1-2H3,(H,14,15);2-9H2,1H3,(H,11,12). The number of carboxylic acid groups (broad SMARTS) is 2. The molecule has 2 N–H and O–H groups in total. The quantitative estimate of drug-likeness (QED) is 0.240. The number of carboxylic acids is 2. The van der Waals surface area contributed by atoms with Crippen molar-refractivity contribution < 1.29 is 19.8 Å². The molecular weight excluding hydrogens is 340 g/mol. The number of unbranched alkanes of at least 4 members (excludes halogenated alkanes) is 11. The molecule has 4 nitrogen and oxygen atoms in total. The molecule has 1 atom stereocenters. The summed E-state index contributed by atoms with van der Waals surface area (Å²) in [5.74, 6) is -1.35. The largest absolute Gasteiger partial charge is 0.481 e. The highest BCUT2D eigenvalue weighted by molar-refractivity contribution is 5.69. The zero-order chi connectivity index (χ0) is 20.8. The Balaban J connectivity index is 0. The second kappa shape index (κ2) is 23.0. The maximum absolute atomic E-state index is 11.0. The Labute approximate surface area is 168 Å². The van der Waals surface area contributed by atoms with E-state index in [2.05, 4.69) is 20.8 Å². The lowest BCUT2D eigenvalue weighted by Gasteiger charge is -2.11. The van der Waals surface area contributed by atoms with Crippen LogP contribution < -0.4 is 0 Å². The summed E-state index contributed by atoms with van der Waals surface area (Å²) in [6, 6.07) is 0. The molecule has 0 amide bonds. The van der Waals surface area contributed by atoms with Gasteiger partial charge in [0.15, 0.2) is 0 Å². The van der Waals surface area contributed by atoms with Gasteiger partial charge in [-0.1, -0.05) is 104 Å². The van der Waals surface area contributed by atoms with E-state index in [0.717, 1.165) is 38.5 Å². The van der Waals surface area contributed by atoms with Crippen molar-refractivity contribution in [3.05, 3.63) is 0 Å². The maximum Gasteiger partial charge on any atom is 0.306 e. The summed E-state index contributed by atoms with van der Waals surface area (Å²) in [4.78, 5) is 21.1. The third-order valence-corrected chi connectivity index (χ3v) is 4.91. The van der Waals surface area contributed by atoms with Crippen LogP contribution in [0.5, 0.6) is 0 Å². The lowest BCUT2D eigenvalue weighted by Crippen LogP contribution is -2.13. The third-order valence-electron chi connectivity index (χ3n) is 4.91. The molecule has 0 bridgehead atoms.